The number of aromatic nitrogens is 1. The lowest BCUT2D eigenvalue weighted by Crippen LogP contribution is -2.00. The summed E-state index contributed by atoms with van der Waals surface area (Å²) in [7, 11) is 2.69. The van der Waals surface area contributed by atoms with Crippen LogP contribution in [0.2, 0.25) is 0 Å². The van der Waals surface area contributed by atoms with Crippen LogP contribution in [0.25, 0.3) is 21.8 Å². The minimum Gasteiger partial charge on any atom is -0.465 e. The van der Waals surface area contributed by atoms with Crippen LogP contribution < -0.4 is 0 Å². The third-order valence-electron chi connectivity index (χ3n) is 3.44. The first-order valence-corrected chi connectivity index (χ1v) is 6.36. The second kappa shape index (κ2) is 4.94. The van der Waals surface area contributed by atoms with Crippen molar-refractivity contribution in [1.29, 1.82) is 0 Å². The van der Waals surface area contributed by atoms with Crippen LogP contribution in [-0.4, -0.2) is 31.1 Å². The van der Waals surface area contributed by atoms with Gasteiger partial charge >= 0.3 is 11.9 Å². The highest BCUT2D eigenvalue weighted by Gasteiger charge is 2.12. The minimum absolute atomic E-state index is 0.393. The van der Waals surface area contributed by atoms with E-state index in [4.69, 9.17) is 9.47 Å². The summed E-state index contributed by atoms with van der Waals surface area (Å²) in [6.45, 7) is 0. The van der Waals surface area contributed by atoms with Crippen LogP contribution in [0.4, 0.5) is 0 Å². The molecular formula is C16H13NO4. The van der Waals surface area contributed by atoms with Gasteiger partial charge in [0.1, 0.15) is 0 Å². The van der Waals surface area contributed by atoms with Gasteiger partial charge in [0, 0.05) is 21.8 Å². The van der Waals surface area contributed by atoms with Crippen LogP contribution in [0, 0.1) is 0 Å². The number of carbonyl (C=O) groups excluding carboxylic acids is 2. The minimum atomic E-state index is -0.393. The molecule has 106 valence electrons. The highest BCUT2D eigenvalue weighted by molar-refractivity contribution is 6.11. The van der Waals surface area contributed by atoms with Gasteiger partial charge in [-0.15, -0.1) is 0 Å². The number of aromatic amines is 1. The van der Waals surface area contributed by atoms with Gasteiger partial charge in [-0.1, -0.05) is 0 Å². The van der Waals surface area contributed by atoms with Gasteiger partial charge in [0.15, 0.2) is 0 Å². The molecule has 0 bridgehead atoms. The molecule has 0 atom stereocenters. The summed E-state index contributed by atoms with van der Waals surface area (Å²) < 4.78 is 9.46. The number of nitrogens with one attached hydrogen (secondary N) is 1. The quantitative estimate of drug-likeness (QED) is 0.734. The first-order valence-electron chi connectivity index (χ1n) is 6.36. The van der Waals surface area contributed by atoms with Gasteiger partial charge in [0.2, 0.25) is 0 Å². The lowest BCUT2D eigenvalue weighted by atomic mass is 10.1. The molecular weight excluding hydrogens is 270 g/mol. The van der Waals surface area contributed by atoms with Crippen molar-refractivity contribution in [1.82, 2.24) is 4.98 Å². The largest absolute Gasteiger partial charge is 0.465 e. The number of benzene rings is 2. The predicted octanol–water partition coefficient (Wildman–Crippen LogP) is 2.89. The monoisotopic (exact) mass is 283 g/mol. The zero-order chi connectivity index (χ0) is 15.0. The van der Waals surface area contributed by atoms with Crippen LogP contribution in [0.5, 0.6) is 0 Å². The zero-order valence-corrected chi connectivity index (χ0v) is 11.6. The normalized spacial score (nSPS) is 10.8. The highest BCUT2D eigenvalue weighted by Crippen LogP contribution is 2.27. The Morgan fingerprint density at radius 2 is 1.24 bits per heavy atom. The molecule has 0 aliphatic carbocycles. The fraction of sp³-hybridized carbons (Fsp3) is 0.125. The molecule has 0 aliphatic rings. The number of hydrogen-bond donors (Lipinski definition) is 1. The Bertz CT molecular complexity index is 793. The molecule has 2 aromatic carbocycles. The van der Waals surface area contributed by atoms with Crippen molar-refractivity contribution >= 4 is 33.7 Å². The van der Waals surface area contributed by atoms with Crippen molar-refractivity contribution in [2.24, 2.45) is 0 Å². The molecule has 5 nitrogen and oxygen atoms in total. The Hall–Kier alpha value is -2.82. The molecule has 0 aliphatic heterocycles. The van der Waals surface area contributed by atoms with Gasteiger partial charge in [-0.2, -0.15) is 0 Å². The SMILES string of the molecule is COC(=O)c1ccc2[nH]c3ccc(C(=O)OC)cc3c2c1. The Labute approximate surface area is 120 Å². The van der Waals surface area contributed by atoms with E-state index in [2.05, 4.69) is 4.98 Å². The molecule has 3 rings (SSSR count). The molecule has 0 radical (unpaired) electrons. The molecule has 1 heterocycles. The smallest absolute Gasteiger partial charge is 0.337 e. The van der Waals surface area contributed by atoms with Gasteiger partial charge in [-0.3, -0.25) is 0 Å². The van der Waals surface area contributed by atoms with E-state index >= 15 is 0 Å². The van der Waals surface area contributed by atoms with Crippen molar-refractivity contribution in [3.63, 3.8) is 0 Å². The number of esters is 2. The molecule has 0 spiro atoms. The lowest BCUT2D eigenvalue weighted by molar-refractivity contribution is 0.0592. The van der Waals surface area contributed by atoms with Crippen molar-refractivity contribution in [2.75, 3.05) is 14.2 Å². The zero-order valence-electron chi connectivity index (χ0n) is 11.6. The standard InChI is InChI=1S/C16H13NO4/c1-20-15(18)9-3-5-13-11(7-9)12-8-10(16(19)21-2)4-6-14(12)17-13/h3-8,17H,1-2H3. The predicted molar refractivity (Wildman–Crippen MR) is 78.5 cm³/mol. The number of hydrogen-bond acceptors (Lipinski definition) is 4. The molecule has 1 aromatic heterocycles. The number of methoxy groups -OCH3 is 2. The van der Waals surface area contributed by atoms with E-state index in [0.717, 1.165) is 21.8 Å². The van der Waals surface area contributed by atoms with E-state index in [1.165, 1.54) is 14.2 Å². The molecule has 3 aromatic rings. The fourth-order valence-electron chi connectivity index (χ4n) is 2.39. The number of fused-ring (bicyclic) bond motifs is 3. The topological polar surface area (TPSA) is 68.4 Å². The third kappa shape index (κ3) is 2.12. The van der Waals surface area contributed by atoms with E-state index in [-0.39, 0.29) is 0 Å². The van der Waals surface area contributed by atoms with Crippen LogP contribution in [0.1, 0.15) is 20.7 Å². The van der Waals surface area contributed by atoms with Gasteiger partial charge in [0.25, 0.3) is 0 Å². The van der Waals surface area contributed by atoms with Crippen LogP contribution >= 0.6 is 0 Å². The van der Waals surface area contributed by atoms with Crippen molar-refractivity contribution in [2.45, 2.75) is 0 Å². The lowest BCUT2D eigenvalue weighted by Gasteiger charge is -2.00. The average molecular weight is 283 g/mol. The van der Waals surface area contributed by atoms with Crippen LogP contribution in [0.3, 0.4) is 0 Å². The molecule has 0 saturated heterocycles. The van der Waals surface area contributed by atoms with Crippen LogP contribution in [0.15, 0.2) is 36.4 Å². The summed E-state index contributed by atoms with van der Waals surface area (Å²) in [5.41, 5.74) is 2.71. The van der Waals surface area contributed by atoms with Crippen LogP contribution in [-0.2, 0) is 9.47 Å². The van der Waals surface area contributed by atoms with E-state index < -0.39 is 11.9 Å². The van der Waals surface area contributed by atoms with Gasteiger partial charge in [0.05, 0.1) is 25.3 Å². The molecule has 0 unspecified atom stereocenters. The summed E-state index contributed by atoms with van der Waals surface area (Å²) in [6.07, 6.45) is 0. The summed E-state index contributed by atoms with van der Waals surface area (Å²) in [4.78, 5) is 26.5. The van der Waals surface area contributed by atoms with Gasteiger partial charge < -0.3 is 14.5 Å². The fourth-order valence-corrected chi connectivity index (χ4v) is 2.39. The molecule has 0 amide bonds. The van der Waals surface area contributed by atoms with E-state index in [9.17, 15) is 9.59 Å². The Kier molecular flexibility index (Phi) is 3.10. The molecule has 5 heteroatoms. The second-order valence-corrected chi connectivity index (χ2v) is 4.63. The first-order chi connectivity index (χ1) is 10.1. The molecule has 1 N–H and O–H groups in total. The second-order valence-electron chi connectivity index (χ2n) is 4.63. The van der Waals surface area contributed by atoms with Crippen molar-refractivity contribution < 1.29 is 19.1 Å². The number of carbonyl (C=O) groups is 2. The molecule has 0 saturated carbocycles. The Morgan fingerprint density at radius 3 is 1.62 bits per heavy atom. The van der Waals surface area contributed by atoms with E-state index in [1.807, 2.05) is 12.1 Å². The summed E-state index contributed by atoms with van der Waals surface area (Å²) in [6, 6.07) is 10.5. The Balaban J connectivity index is 2.25. The molecule has 21 heavy (non-hydrogen) atoms. The first kappa shape index (κ1) is 13.2. The van der Waals surface area contributed by atoms with Gasteiger partial charge in [-0.25, -0.2) is 9.59 Å². The maximum Gasteiger partial charge on any atom is 0.337 e. The summed E-state index contributed by atoms with van der Waals surface area (Å²) >= 11 is 0. The number of H-pyrrole nitrogens is 1. The third-order valence-corrected chi connectivity index (χ3v) is 3.44. The number of ether oxygens (including phenoxy) is 2. The maximum atomic E-state index is 11.6. The van der Waals surface area contributed by atoms with Crippen molar-refractivity contribution in [3.05, 3.63) is 47.5 Å². The Morgan fingerprint density at radius 1 is 0.810 bits per heavy atom. The van der Waals surface area contributed by atoms with Gasteiger partial charge in [-0.05, 0) is 36.4 Å². The average Bonchev–Trinajstić information content (AvgIpc) is 2.90. The summed E-state index contributed by atoms with van der Waals surface area (Å²) in [5, 5.41) is 1.72. The highest BCUT2D eigenvalue weighted by atomic mass is 16.5. The van der Waals surface area contributed by atoms with Crippen molar-refractivity contribution in [3.8, 4) is 0 Å². The molecule has 0 fully saturated rings. The maximum absolute atomic E-state index is 11.6. The van der Waals surface area contributed by atoms with E-state index in [0.29, 0.717) is 11.1 Å². The number of rotatable bonds is 2. The summed E-state index contributed by atoms with van der Waals surface area (Å²) in [5.74, 6) is -0.786. The van der Waals surface area contributed by atoms with E-state index in [1.54, 1.807) is 24.3 Å².